The summed E-state index contributed by atoms with van der Waals surface area (Å²) in [6, 6.07) is 12.6. The summed E-state index contributed by atoms with van der Waals surface area (Å²) in [4.78, 5) is 22.4. The summed E-state index contributed by atoms with van der Waals surface area (Å²) in [5, 5.41) is 25.7. The predicted octanol–water partition coefficient (Wildman–Crippen LogP) is 4.36. The molecule has 0 amide bonds. The van der Waals surface area contributed by atoms with E-state index >= 15 is 0 Å². The third-order valence-electron chi connectivity index (χ3n) is 3.93. The molecule has 0 atom stereocenters. The first-order chi connectivity index (χ1) is 12.4. The molecule has 0 unspecified atom stereocenters. The van der Waals surface area contributed by atoms with Crippen LogP contribution in [-0.4, -0.2) is 25.8 Å². The summed E-state index contributed by atoms with van der Waals surface area (Å²) in [6.07, 6.45) is 0.423. The lowest BCUT2D eigenvalue weighted by Crippen LogP contribution is -2.05. The highest BCUT2D eigenvalue weighted by atomic mass is 35.5. The van der Waals surface area contributed by atoms with Crippen molar-refractivity contribution in [3.05, 3.63) is 74.9 Å². The van der Waals surface area contributed by atoms with E-state index in [0.717, 1.165) is 0 Å². The number of halogens is 1. The second kappa shape index (κ2) is 6.97. The van der Waals surface area contributed by atoms with Crippen molar-refractivity contribution in [2.24, 2.45) is 0 Å². The van der Waals surface area contributed by atoms with E-state index in [1.165, 1.54) is 22.9 Å². The molecule has 0 saturated carbocycles. The molecule has 0 aliphatic heterocycles. The molecule has 3 aromatic rings. The molecule has 1 heterocycles. The first kappa shape index (κ1) is 17.6. The molecule has 0 fully saturated rings. The monoisotopic (exact) mass is 371 g/mol. The van der Waals surface area contributed by atoms with Gasteiger partial charge in [-0.2, -0.15) is 5.10 Å². The lowest BCUT2D eigenvalue weighted by atomic mass is 10.0. The Kier molecular flexibility index (Phi) is 4.73. The number of aromatic carboxylic acids is 1. The fraction of sp³-hybridized carbons (Fsp3) is 0.111. The van der Waals surface area contributed by atoms with Gasteiger partial charge >= 0.3 is 5.97 Å². The second-order valence-corrected chi connectivity index (χ2v) is 5.96. The maximum Gasteiger partial charge on any atom is 0.339 e. The van der Waals surface area contributed by atoms with Gasteiger partial charge in [0.2, 0.25) is 0 Å². The van der Waals surface area contributed by atoms with Gasteiger partial charge in [-0.1, -0.05) is 30.7 Å². The number of carboxylic acids is 1. The van der Waals surface area contributed by atoms with E-state index in [0.29, 0.717) is 28.4 Å². The van der Waals surface area contributed by atoms with Gasteiger partial charge in [0.25, 0.3) is 5.69 Å². The fourth-order valence-electron chi connectivity index (χ4n) is 2.77. The lowest BCUT2D eigenvalue weighted by Gasteiger charge is -2.06. The van der Waals surface area contributed by atoms with Crippen molar-refractivity contribution in [3.8, 4) is 16.9 Å². The third kappa shape index (κ3) is 3.16. The molecule has 1 aromatic heterocycles. The third-order valence-corrected chi connectivity index (χ3v) is 4.18. The highest BCUT2D eigenvalue weighted by Crippen LogP contribution is 2.30. The fourth-order valence-corrected chi connectivity index (χ4v) is 2.89. The number of hydrogen-bond acceptors (Lipinski definition) is 4. The van der Waals surface area contributed by atoms with Gasteiger partial charge < -0.3 is 5.11 Å². The Balaban J connectivity index is 2.25. The molecule has 0 aliphatic carbocycles. The van der Waals surface area contributed by atoms with E-state index in [1.807, 2.05) is 6.92 Å². The lowest BCUT2D eigenvalue weighted by molar-refractivity contribution is -0.384. The van der Waals surface area contributed by atoms with Gasteiger partial charge in [-0.25, -0.2) is 9.48 Å². The summed E-state index contributed by atoms with van der Waals surface area (Å²) in [6.45, 7) is 1.83. The predicted molar refractivity (Wildman–Crippen MR) is 97.0 cm³/mol. The average molecular weight is 372 g/mol. The zero-order valence-corrected chi connectivity index (χ0v) is 14.5. The number of rotatable bonds is 5. The summed E-state index contributed by atoms with van der Waals surface area (Å²) in [7, 11) is 0. The van der Waals surface area contributed by atoms with Crippen molar-refractivity contribution in [1.29, 1.82) is 0 Å². The standard InChI is InChI=1S/C18H14ClN3O4/c1-2-15-16(18(23)24)17(11-4-3-5-14(10-11)22(25)26)20-21(15)13-8-6-12(19)7-9-13/h3-10H,2H2,1H3,(H,23,24). The van der Waals surface area contributed by atoms with Crippen LogP contribution in [0.1, 0.15) is 23.0 Å². The van der Waals surface area contributed by atoms with Crippen molar-refractivity contribution >= 4 is 23.3 Å². The molecule has 2 aromatic carbocycles. The number of nitrogens with zero attached hydrogens (tertiary/aromatic N) is 3. The number of nitro benzene ring substituents is 1. The zero-order valence-electron chi connectivity index (χ0n) is 13.7. The van der Waals surface area contributed by atoms with Gasteiger partial charge in [-0.15, -0.1) is 0 Å². The van der Waals surface area contributed by atoms with E-state index in [1.54, 1.807) is 30.3 Å². The Hall–Kier alpha value is -3.19. The van der Waals surface area contributed by atoms with Crippen LogP contribution in [0.15, 0.2) is 48.5 Å². The SMILES string of the molecule is CCc1c(C(=O)O)c(-c2cccc([N+](=O)[O-])c2)nn1-c1ccc(Cl)cc1. The largest absolute Gasteiger partial charge is 0.478 e. The summed E-state index contributed by atoms with van der Waals surface area (Å²) in [5.74, 6) is -1.14. The minimum atomic E-state index is -1.14. The van der Waals surface area contributed by atoms with Crippen LogP contribution in [0.25, 0.3) is 16.9 Å². The highest BCUT2D eigenvalue weighted by molar-refractivity contribution is 6.30. The summed E-state index contributed by atoms with van der Waals surface area (Å²) in [5.41, 5.74) is 1.62. The molecule has 0 aliphatic rings. The van der Waals surface area contributed by atoms with Gasteiger partial charge in [-0.05, 0) is 30.7 Å². The van der Waals surface area contributed by atoms with Gasteiger partial charge in [-0.3, -0.25) is 10.1 Å². The number of aromatic nitrogens is 2. The molecule has 0 bridgehead atoms. The Morgan fingerprint density at radius 2 is 1.96 bits per heavy atom. The van der Waals surface area contributed by atoms with E-state index < -0.39 is 10.9 Å². The average Bonchev–Trinajstić information content (AvgIpc) is 3.02. The number of nitro groups is 1. The molecule has 0 spiro atoms. The van der Waals surface area contributed by atoms with Crippen LogP contribution in [-0.2, 0) is 6.42 Å². The molecule has 132 valence electrons. The van der Waals surface area contributed by atoms with Crippen LogP contribution >= 0.6 is 11.6 Å². The van der Waals surface area contributed by atoms with Gasteiger partial charge in [0.1, 0.15) is 11.3 Å². The Morgan fingerprint density at radius 1 is 1.27 bits per heavy atom. The van der Waals surface area contributed by atoms with Gasteiger partial charge in [0, 0.05) is 22.7 Å². The molecule has 3 rings (SSSR count). The van der Waals surface area contributed by atoms with Crippen LogP contribution < -0.4 is 0 Å². The topological polar surface area (TPSA) is 98.3 Å². The van der Waals surface area contributed by atoms with Crippen LogP contribution in [0.4, 0.5) is 5.69 Å². The molecule has 7 nitrogen and oxygen atoms in total. The smallest absolute Gasteiger partial charge is 0.339 e. The van der Waals surface area contributed by atoms with Crippen molar-refractivity contribution in [3.63, 3.8) is 0 Å². The highest BCUT2D eigenvalue weighted by Gasteiger charge is 2.25. The van der Waals surface area contributed by atoms with Crippen molar-refractivity contribution in [2.75, 3.05) is 0 Å². The minimum absolute atomic E-state index is 0.0305. The number of non-ortho nitro benzene ring substituents is 1. The zero-order chi connectivity index (χ0) is 18.8. The number of hydrogen-bond donors (Lipinski definition) is 1. The molecular weight excluding hydrogens is 358 g/mol. The van der Waals surface area contributed by atoms with Crippen molar-refractivity contribution < 1.29 is 14.8 Å². The summed E-state index contributed by atoms with van der Waals surface area (Å²) < 4.78 is 1.54. The number of carbonyl (C=O) groups is 1. The Bertz CT molecular complexity index is 996. The van der Waals surface area contributed by atoms with Gasteiger partial charge in [0.05, 0.1) is 16.3 Å². The Labute approximate surface area is 153 Å². The minimum Gasteiger partial charge on any atom is -0.478 e. The van der Waals surface area contributed by atoms with E-state index in [9.17, 15) is 20.0 Å². The maximum atomic E-state index is 11.9. The first-order valence-corrected chi connectivity index (χ1v) is 8.16. The van der Waals surface area contributed by atoms with Crippen molar-refractivity contribution in [2.45, 2.75) is 13.3 Å². The quantitative estimate of drug-likeness (QED) is 0.530. The molecular formula is C18H14ClN3O4. The molecule has 26 heavy (non-hydrogen) atoms. The Morgan fingerprint density at radius 3 is 2.54 bits per heavy atom. The van der Waals surface area contributed by atoms with E-state index in [-0.39, 0.29) is 16.9 Å². The van der Waals surface area contributed by atoms with Crippen molar-refractivity contribution in [1.82, 2.24) is 9.78 Å². The molecule has 1 N–H and O–H groups in total. The van der Waals surface area contributed by atoms with Crippen LogP contribution in [0.3, 0.4) is 0 Å². The van der Waals surface area contributed by atoms with E-state index in [4.69, 9.17) is 11.6 Å². The van der Waals surface area contributed by atoms with Crippen LogP contribution in [0, 0.1) is 10.1 Å². The molecule has 0 saturated heterocycles. The maximum absolute atomic E-state index is 11.9. The number of carboxylic acid groups (broad SMARTS) is 1. The number of benzene rings is 2. The molecule has 0 radical (unpaired) electrons. The normalized spacial score (nSPS) is 10.7. The van der Waals surface area contributed by atoms with Crippen LogP contribution in [0.2, 0.25) is 5.02 Å². The molecule has 8 heteroatoms. The second-order valence-electron chi connectivity index (χ2n) is 5.52. The first-order valence-electron chi connectivity index (χ1n) is 7.78. The summed E-state index contributed by atoms with van der Waals surface area (Å²) >= 11 is 5.92. The van der Waals surface area contributed by atoms with Crippen LogP contribution in [0.5, 0.6) is 0 Å². The van der Waals surface area contributed by atoms with Gasteiger partial charge in [0.15, 0.2) is 0 Å². The van der Waals surface area contributed by atoms with E-state index in [2.05, 4.69) is 5.10 Å².